The molecule has 0 radical (unpaired) electrons. The predicted octanol–water partition coefficient (Wildman–Crippen LogP) is 1.15. The molecule has 28 heavy (non-hydrogen) atoms. The van der Waals surface area contributed by atoms with Gasteiger partial charge in [-0.05, 0) is 31.5 Å². The van der Waals surface area contributed by atoms with Crippen molar-refractivity contribution < 1.29 is 14.3 Å². The van der Waals surface area contributed by atoms with Crippen molar-refractivity contribution in [2.24, 2.45) is 0 Å². The van der Waals surface area contributed by atoms with Crippen LogP contribution in [0, 0.1) is 0 Å². The van der Waals surface area contributed by atoms with E-state index in [9.17, 15) is 14.4 Å². The Kier molecular flexibility index (Phi) is 4.50. The second-order valence-electron chi connectivity index (χ2n) is 6.91. The second kappa shape index (κ2) is 6.99. The minimum Gasteiger partial charge on any atom is -0.479 e. The van der Waals surface area contributed by atoms with E-state index in [2.05, 4.69) is 15.3 Å². The summed E-state index contributed by atoms with van der Waals surface area (Å²) in [5.41, 5.74) is 2.40. The number of carbonyl (C=O) groups excluding carboxylic acids is 2. The number of benzene rings is 1. The molecular formula is C19H21N5O4. The molecule has 9 heteroatoms. The zero-order valence-corrected chi connectivity index (χ0v) is 15.7. The van der Waals surface area contributed by atoms with Crippen LogP contribution in [-0.2, 0) is 17.6 Å². The van der Waals surface area contributed by atoms with E-state index in [1.54, 1.807) is 37.1 Å². The topological polar surface area (TPSA) is 108 Å². The number of rotatable bonds is 1. The average Bonchev–Trinajstić information content (AvgIpc) is 2.91. The number of likely N-dealkylation sites (N-methyl/N-ethyl adjacent to an activating group) is 1. The number of aromatic nitrogens is 2. The van der Waals surface area contributed by atoms with E-state index in [4.69, 9.17) is 4.74 Å². The van der Waals surface area contributed by atoms with Crippen LogP contribution < -0.4 is 20.5 Å². The van der Waals surface area contributed by atoms with Gasteiger partial charge in [-0.3, -0.25) is 9.59 Å². The summed E-state index contributed by atoms with van der Waals surface area (Å²) in [5, 5.41) is 2.86. The maximum atomic E-state index is 12.7. The Balaban J connectivity index is 1.48. The van der Waals surface area contributed by atoms with Crippen LogP contribution in [0.1, 0.15) is 18.2 Å². The van der Waals surface area contributed by atoms with Crippen LogP contribution in [-0.4, -0.2) is 53.0 Å². The monoisotopic (exact) mass is 383 g/mol. The molecule has 0 unspecified atom stereocenters. The molecule has 1 aromatic heterocycles. The van der Waals surface area contributed by atoms with Crippen molar-refractivity contribution in [2.45, 2.75) is 25.9 Å². The summed E-state index contributed by atoms with van der Waals surface area (Å²) < 4.78 is 5.60. The molecule has 146 valence electrons. The summed E-state index contributed by atoms with van der Waals surface area (Å²) >= 11 is 0. The molecule has 0 fully saturated rings. The highest BCUT2D eigenvalue weighted by atomic mass is 16.5. The molecule has 0 saturated heterocycles. The third-order valence-corrected chi connectivity index (χ3v) is 5.13. The fourth-order valence-corrected chi connectivity index (χ4v) is 3.53. The number of hydrogen-bond acceptors (Lipinski definition) is 5. The number of anilines is 2. The molecule has 2 aliphatic rings. The molecule has 2 aromatic rings. The molecule has 4 rings (SSSR count). The maximum Gasteiger partial charge on any atom is 0.321 e. The van der Waals surface area contributed by atoms with Gasteiger partial charge in [0.05, 0.1) is 17.7 Å². The molecule has 0 bridgehead atoms. The van der Waals surface area contributed by atoms with Gasteiger partial charge in [-0.15, -0.1) is 0 Å². The Morgan fingerprint density at radius 1 is 1.29 bits per heavy atom. The predicted molar refractivity (Wildman–Crippen MR) is 103 cm³/mol. The Hall–Kier alpha value is -3.36. The van der Waals surface area contributed by atoms with E-state index in [0.29, 0.717) is 48.6 Å². The molecule has 2 N–H and O–H groups in total. The van der Waals surface area contributed by atoms with Crippen molar-refractivity contribution in [3.05, 3.63) is 46.1 Å². The zero-order valence-electron chi connectivity index (χ0n) is 15.7. The lowest BCUT2D eigenvalue weighted by Gasteiger charge is -2.30. The molecule has 1 aromatic carbocycles. The first-order valence-corrected chi connectivity index (χ1v) is 9.13. The summed E-state index contributed by atoms with van der Waals surface area (Å²) in [6.07, 6.45) is 1.84. The number of carbonyl (C=O) groups is 2. The summed E-state index contributed by atoms with van der Waals surface area (Å²) in [7, 11) is 1.68. The van der Waals surface area contributed by atoms with Gasteiger partial charge in [-0.2, -0.15) is 0 Å². The SMILES string of the molecule is C[C@H]1Oc2ccc(NC(=O)N3CCc4nc[nH]c(=O)c4CC3)cc2N(C)C1=O. The summed E-state index contributed by atoms with van der Waals surface area (Å²) in [4.78, 5) is 46.8. The first-order chi connectivity index (χ1) is 13.4. The Labute approximate surface area is 161 Å². The maximum absolute atomic E-state index is 12.7. The number of ether oxygens (including phenoxy) is 1. The molecule has 0 saturated carbocycles. The van der Waals surface area contributed by atoms with Gasteiger partial charge in [-0.1, -0.05) is 0 Å². The lowest BCUT2D eigenvalue weighted by molar-refractivity contribution is -0.125. The van der Waals surface area contributed by atoms with Gasteiger partial charge in [0.1, 0.15) is 5.75 Å². The van der Waals surface area contributed by atoms with Gasteiger partial charge in [0.15, 0.2) is 6.10 Å². The fourth-order valence-electron chi connectivity index (χ4n) is 3.53. The smallest absolute Gasteiger partial charge is 0.321 e. The second-order valence-corrected chi connectivity index (χ2v) is 6.91. The van der Waals surface area contributed by atoms with Crippen LogP contribution in [0.3, 0.4) is 0 Å². The van der Waals surface area contributed by atoms with Crippen LogP contribution in [0.2, 0.25) is 0 Å². The molecule has 1 atom stereocenters. The number of urea groups is 1. The van der Waals surface area contributed by atoms with Crippen molar-refractivity contribution in [1.82, 2.24) is 14.9 Å². The molecule has 0 spiro atoms. The van der Waals surface area contributed by atoms with E-state index in [1.807, 2.05) is 0 Å². The third-order valence-electron chi connectivity index (χ3n) is 5.13. The van der Waals surface area contributed by atoms with Gasteiger partial charge in [-0.25, -0.2) is 9.78 Å². The third kappa shape index (κ3) is 3.19. The van der Waals surface area contributed by atoms with E-state index in [0.717, 1.165) is 5.69 Å². The average molecular weight is 383 g/mol. The molecule has 9 nitrogen and oxygen atoms in total. The number of H-pyrrole nitrogens is 1. The van der Waals surface area contributed by atoms with Crippen molar-refractivity contribution in [1.29, 1.82) is 0 Å². The highest BCUT2D eigenvalue weighted by Gasteiger charge is 2.29. The highest BCUT2D eigenvalue weighted by molar-refractivity contribution is 6.00. The van der Waals surface area contributed by atoms with E-state index in [-0.39, 0.29) is 17.5 Å². The van der Waals surface area contributed by atoms with Gasteiger partial charge in [0.2, 0.25) is 0 Å². The minimum absolute atomic E-state index is 0.140. The fraction of sp³-hybridized carbons (Fsp3) is 0.368. The standard InChI is InChI=1S/C19H21N5O4/c1-11-18(26)23(2)15-9-12(3-4-16(15)28-11)22-19(27)24-7-5-13-14(6-8-24)20-10-21-17(13)25/h3-4,9-11H,5-8H2,1-2H3,(H,22,27)(H,20,21,25)/t11-/m1/s1. The van der Waals surface area contributed by atoms with Gasteiger partial charge in [0, 0.05) is 37.8 Å². The Bertz CT molecular complexity index is 1000. The number of amides is 3. The highest BCUT2D eigenvalue weighted by Crippen LogP contribution is 2.35. The van der Waals surface area contributed by atoms with E-state index < -0.39 is 6.10 Å². The van der Waals surface area contributed by atoms with Crippen molar-refractivity contribution in [3.63, 3.8) is 0 Å². The van der Waals surface area contributed by atoms with Crippen LogP contribution in [0.15, 0.2) is 29.3 Å². The van der Waals surface area contributed by atoms with Crippen LogP contribution in [0.4, 0.5) is 16.2 Å². The summed E-state index contributed by atoms with van der Waals surface area (Å²) in [6.45, 7) is 2.60. The molecular weight excluding hydrogens is 362 g/mol. The van der Waals surface area contributed by atoms with Gasteiger partial charge >= 0.3 is 6.03 Å². The Morgan fingerprint density at radius 2 is 2.07 bits per heavy atom. The number of hydrogen-bond donors (Lipinski definition) is 2. The van der Waals surface area contributed by atoms with E-state index >= 15 is 0 Å². The number of fused-ring (bicyclic) bond motifs is 2. The van der Waals surface area contributed by atoms with Crippen molar-refractivity contribution in [2.75, 3.05) is 30.4 Å². The Morgan fingerprint density at radius 3 is 2.89 bits per heavy atom. The van der Waals surface area contributed by atoms with Crippen LogP contribution in [0.5, 0.6) is 5.75 Å². The lowest BCUT2D eigenvalue weighted by atomic mass is 10.1. The van der Waals surface area contributed by atoms with Gasteiger partial charge < -0.3 is 24.8 Å². The molecule has 3 amide bonds. The lowest BCUT2D eigenvalue weighted by Crippen LogP contribution is -2.42. The first-order valence-electron chi connectivity index (χ1n) is 9.13. The summed E-state index contributed by atoms with van der Waals surface area (Å²) in [5.74, 6) is 0.460. The molecule has 2 aliphatic heterocycles. The number of nitrogens with one attached hydrogen (secondary N) is 2. The minimum atomic E-state index is -0.534. The normalized spacial score (nSPS) is 18.6. The summed E-state index contributed by atoms with van der Waals surface area (Å²) in [6, 6.07) is 4.94. The number of aromatic amines is 1. The first kappa shape index (κ1) is 18.0. The van der Waals surface area contributed by atoms with Crippen molar-refractivity contribution in [3.8, 4) is 5.75 Å². The number of nitrogens with zero attached hydrogens (tertiary/aromatic N) is 3. The largest absolute Gasteiger partial charge is 0.479 e. The van der Waals surface area contributed by atoms with Crippen LogP contribution >= 0.6 is 0 Å². The van der Waals surface area contributed by atoms with Gasteiger partial charge in [0.25, 0.3) is 11.5 Å². The van der Waals surface area contributed by atoms with Crippen LogP contribution in [0.25, 0.3) is 0 Å². The zero-order chi connectivity index (χ0) is 19.8. The quantitative estimate of drug-likeness (QED) is 0.768. The molecule has 3 heterocycles. The van der Waals surface area contributed by atoms with Crippen molar-refractivity contribution >= 4 is 23.3 Å². The molecule has 0 aliphatic carbocycles. The van der Waals surface area contributed by atoms with E-state index in [1.165, 1.54) is 11.2 Å².